The molecular weight excluding hydrogens is 232 g/mol. The molecule has 4 nitrogen and oxygen atoms in total. The molecule has 70 valence electrons. The van der Waals surface area contributed by atoms with E-state index in [-0.39, 0.29) is 12.2 Å². The normalized spacial score (nSPS) is 7.64. The van der Waals surface area contributed by atoms with Gasteiger partial charge < -0.3 is 10.2 Å². The summed E-state index contributed by atoms with van der Waals surface area (Å²) in [5.41, 5.74) is 0. The van der Waals surface area contributed by atoms with Gasteiger partial charge in [0, 0.05) is 12.2 Å². The van der Waals surface area contributed by atoms with E-state index in [0.29, 0.717) is 0 Å². The Bertz CT molecular complexity index is 75.1. The molecule has 0 aliphatic carbocycles. The van der Waals surface area contributed by atoms with Crippen molar-refractivity contribution in [2.45, 2.75) is 39.9 Å². The number of hydrogen-bond acceptors (Lipinski definition) is 4. The fraction of sp³-hybridized carbons (Fsp3) is 1.00. The van der Waals surface area contributed by atoms with Gasteiger partial charge in [-0.25, -0.2) is 0 Å². The van der Waals surface area contributed by atoms with Crippen molar-refractivity contribution in [3.05, 3.63) is 0 Å². The average Bonchev–Trinajstić information content (AvgIpc) is 1.60. The van der Waals surface area contributed by atoms with Crippen LogP contribution in [-0.4, -0.2) is 22.4 Å². The molecule has 2 N–H and O–H groups in total. The summed E-state index contributed by atoms with van der Waals surface area (Å²) in [5.74, 6) is 0. The molecule has 0 aromatic carbocycles. The zero-order valence-corrected chi connectivity index (χ0v) is 9.28. The summed E-state index contributed by atoms with van der Waals surface area (Å²) in [5, 5.41) is 16.1. The molecule has 0 fully saturated rings. The second-order valence-corrected chi connectivity index (χ2v) is 2.59. The van der Waals surface area contributed by atoms with Crippen LogP contribution in [-0.2, 0) is 25.3 Å². The van der Waals surface area contributed by atoms with Crippen LogP contribution in [0.1, 0.15) is 27.7 Å². The van der Waals surface area contributed by atoms with Crippen LogP contribution in [0.15, 0.2) is 0 Å². The van der Waals surface area contributed by atoms with Crippen molar-refractivity contribution in [2.75, 3.05) is 0 Å². The van der Waals surface area contributed by atoms with E-state index in [4.69, 9.17) is 17.0 Å². The summed E-state index contributed by atoms with van der Waals surface area (Å²) in [6.07, 6.45) is -0.333. The Morgan fingerprint density at radius 2 is 0.909 bits per heavy atom. The number of aliphatic hydroxyl groups is 2. The van der Waals surface area contributed by atoms with Gasteiger partial charge in [0.2, 0.25) is 0 Å². The van der Waals surface area contributed by atoms with Crippen molar-refractivity contribution in [1.82, 2.24) is 0 Å². The van der Waals surface area contributed by atoms with Gasteiger partial charge in [-0.05, 0) is 27.7 Å². The molecule has 0 saturated carbocycles. The minimum absolute atomic E-state index is 0.167. The van der Waals surface area contributed by atoms with Gasteiger partial charge in [-0.3, -0.25) is 0 Å². The van der Waals surface area contributed by atoms with E-state index in [0.717, 1.165) is 0 Å². The predicted octanol–water partition coefficient (Wildman–Crippen LogP) is 0.534. The van der Waals surface area contributed by atoms with E-state index in [1.807, 2.05) is 0 Å². The fourth-order valence-electron chi connectivity index (χ4n) is 0. The summed E-state index contributed by atoms with van der Waals surface area (Å²) in [6.45, 7) is 6.89. The molecule has 0 aromatic rings. The quantitative estimate of drug-likeness (QED) is 0.613. The maximum absolute atomic E-state index is 8.50. The molecule has 0 amide bonds. The number of hydrogen-bond donors (Lipinski definition) is 2. The molecule has 0 aliphatic rings. The maximum atomic E-state index is 8.50. The molecule has 0 atom stereocenters. The Kier molecular flexibility index (Phi) is 26.3. The zero-order chi connectivity index (χ0) is 9.86. The second-order valence-electron chi connectivity index (χ2n) is 2.26. The van der Waals surface area contributed by atoms with Crippen molar-refractivity contribution in [2.24, 2.45) is 0 Å². The molecule has 5 heteroatoms. The van der Waals surface area contributed by atoms with Gasteiger partial charge in [0.25, 0.3) is 0 Å². The molecule has 0 radical (unpaired) electrons. The van der Waals surface area contributed by atoms with Gasteiger partial charge in [-0.2, -0.15) is 0 Å². The molecule has 0 spiro atoms. The molecular formula is C6H16MoO4. The van der Waals surface area contributed by atoms with Crippen LogP contribution in [0.5, 0.6) is 0 Å². The van der Waals surface area contributed by atoms with Gasteiger partial charge in [0.15, 0.2) is 0 Å². The van der Waals surface area contributed by atoms with E-state index in [2.05, 4.69) is 0 Å². The number of aliphatic hydroxyl groups excluding tert-OH is 2. The first-order valence-corrected chi connectivity index (χ1v) is 4.80. The van der Waals surface area contributed by atoms with Gasteiger partial charge in [0.1, 0.15) is 0 Å². The third kappa shape index (κ3) is 15900. The van der Waals surface area contributed by atoms with Crippen LogP contribution in [0.3, 0.4) is 0 Å². The van der Waals surface area contributed by atoms with E-state index < -0.39 is 18.5 Å². The zero-order valence-electron chi connectivity index (χ0n) is 7.27. The van der Waals surface area contributed by atoms with Gasteiger partial charge in [-0.1, -0.05) is 0 Å². The number of rotatable bonds is 0. The third-order valence-corrected chi connectivity index (χ3v) is 0. The van der Waals surface area contributed by atoms with Crippen molar-refractivity contribution in [3.8, 4) is 0 Å². The van der Waals surface area contributed by atoms with Crippen LogP contribution in [0, 0.1) is 0 Å². The topological polar surface area (TPSA) is 74.6 Å². The van der Waals surface area contributed by atoms with Gasteiger partial charge in [-0.15, -0.1) is 0 Å². The summed E-state index contributed by atoms with van der Waals surface area (Å²) in [4.78, 5) is 0. The Morgan fingerprint density at radius 1 is 0.909 bits per heavy atom. The van der Waals surface area contributed by atoms with Crippen LogP contribution < -0.4 is 0 Å². The minimum atomic E-state index is -2.03. The summed E-state index contributed by atoms with van der Waals surface area (Å²) in [7, 11) is 0. The molecule has 0 heterocycles. The molecule has 0 unspecified atom stereocenters. The van der Waals surface area contributed by atoms with E-state index in [1.165, 1.54) is 0 Å². The van der Waals surface area contributed by atoms with Crippen molar-refractivity contribution >= 4 is 0 Å². The van der Waals surface area contributed by atoms with Crippen molar-refractivity contribution in [1.29, 1.82) is 0 Å². The first-order chi connectivity index (χ1) is 4.88. The fourth-order valence-corrected chi connectivity index (χ4v) is 0. The monoisotopic (exact) mass is 250 g/mol. The third-order valence-electron chi connectivity index (χ3n) is 0. The summed E-state index contributed by atoms with van der Waals surface area (Å²) >= 11 is -2.03. The Morgan fingerprint density at radius 3 is 0.909 bits per heavy atom. The standard InChI is InChI=1S/2C3H8O.Mo.2O/c2*1-3(2)4;;;/h2*3-4H,1-2H3;;;. The SMILES string of the molecule is CC(C)O.CC(C)O.[O]=[Mo]=[O]. The van der Waals surface area contributed by atoms with Crippen LogP contribution >= 0.6 is 0 Å². The molecule has 0 rings (SSSR count). The van der Waals surface area contributed by atoms with E-state index in [1.54, 1.807) is 27.7 Å². The van der Waals surface area contributed by atoms with Crippen LogP contribution in [0.25, 0.3) is 0 Å². The summed E-state index contributed by atoms with van der Waals surface area (Å²) in [6, 6.07) is 0. The molecule has 0 aromatic heterocycles. The molecule has 11 heavy (non-hydrogen) atoms. The molecule has 0 bridgehead atoms. The Balaban J connectivity index is -0.0000000886. The summed E-state index contributed by atoms with van der Waals surface area (Å²) < 4.78 is 17.0. The van der Waals surface area contributed by atoms with Crippen molar-refractivity contribution in [3.63, 3.8) is 0 Å². The Hall–Kier alpha value is 0.208. The van der Waals surface area contributed by atoms with E-state index >= 15 is 0 Å². The van der Waals surface area contributed by atoms with Gasteiger partial charge in [0.05, 0.1) is 0 Å². The first-order valence-electron chi connectivity index (χ1n) is 3.16. The van der Waals surface area contributed by atoms with Crippen molar-refractivity contribution < 1.29 is 35.5 Å². The average molecular weight is 248 g/mol. The predicted molar refractivity (Wildman–Crippen MR) is 36.1 cm³/mol. The molecule has 0 saturated heterocycles. The van der Waals surface area contributed by atoms with Crippen LogP contribution in [0.2, 0.25) is 0 Å². The van der Waals surface area contributed by atoms with E-state index in [9.17, 15) is 0 Å². The second kappa shape index (κ2) is 16.7. The van der Waals surface area contributed by atoms with Gasteiger partial charge >= 0.3 is 25.3 Å². The molecule has 0 aliphatic heterocycles. The Labute approximate surface area is 75.8 Å². The van der Waals surface area contributed by atoms with Crippen LogP contribution in [0.4, 0.5) is 0 Å². The first kappa shape index (κ1) is 17.3.